The molecule has 0 aliphatic carbocycles. The Morgan fingerprint density at radius 2 is 2.22 bits per heavy atom. The van der Waals surface area contributed by atoms with Crippen LogP contribution in [0.4, 0.5) is 0 Å². The number of hydrogen-bond acceptors (Lipinski definition) is 5. The molecule has 0 saturated carbocycles. The quantitative estimate of drug-likeness (QED) is 0.569. The van der Waals surface area contributed by atoms with Gasteiger partial charge in [-0.25, -0.2) is 4.68 Å². The highest BCUT2D eigenvalue weighted by Gasteiger charge is 2.13. The van der Waals surface area contributed by atoms with E-state index in [0.717, 1.165) is 22.0 Å². The highest BCUT2D eigenvalue weighted by atomic mass is 32.1. The van der Waals surface area contributed by atoms with Crippen molar-refractivity contribution in [1.29, 1.82) is 0 Å². The molecule has 3 rings (SSSR count). The van der Waals surface area contributed by atoms with E-state index in [9.17, 15) is 4.79 Å². The molecule has 23 heavy (non-hydrogen) atoms. The molecule has 1 aromatic carbocycles. The van der Waals surface area contributed by atoms with Gasteiger partial charge in [0.25, 0.3) is 0 Å². The summed E-state index contributed by atoms with van der Waals surface area (Å²) in [5, 5.41) is 5.52. The average molecular weight is 326 g/mol. The molecule has 0 atom stereocenters. The van der Waals surface area contributed by atoms with E-state index in [1.165, 1.54) is 10.8 Å². The van der Waals surface area contributed by atoms with Gasteiger partial charge in [-0.1, -0.05) is 6.07 Å². The van der Waals surface area contributed by atoms with Gasteiger partial charge in [-0.05, 0) is 17.7 Å². The fourth-order valence-corrected chi connectivity index (χ4v) is 2.64. The molecule has 116 valence electrons. The maximum absolute atomic E-state index is 11.1. The number of thiol groups is 1. The standard InChI is InChI=1S/C16H14N4O2S/c1-22-11-5-12(10-3-2-4-18-8-10)13-9-19-20(14(13)6-11)16(23)7-15(17)21/h2-9,23H,1H3,(H2,17,21)/b16-7-. The van der Waals surface area contributed by atoms with Crippen LogP contribution in [-0.4, -0.2) is 27.8 Å². The Kier molecular flexibility index (Phi) is 4.03. The highest BCUT2D eigenvalue weighted by Crippen LogP contribution is 2.33. The monoisotopic (exact) mass is 326 g/mol. The zero-order valence-electron chi connectivity index (χ0n) is 12.3. The van der Waals surface area contributed by atoms with Crippen LogP contribution in [0.2, 0.25) is 0 Å². The van der Waals surface area contributed by atoms with Crippen LogP contribution in [0.3, 0.4) is 0 Å². The van der Waals surface area contributed by atoms with Crippen LogP contribution in [0.15, 0.2) is 48.9 Å². The lowest BCUT2D eigenvalue weighted by molar-refractivity contribution is -0.113. The van der Waals surface area contributed by atoms with Crippen LogP contribution < -0.4 is 10.5 Å². The van der Waals surface area contributed by atoms with Crippen LogP contribution >= 0.6 is 12.6 Å². The third-order valence-electron chi connectivity index (χ3n) is 3.36. The van der Waals surface area contributed by atoms with Gasteiger partial charge in [0.2, 0.25) is 5.91 Å². The summed E-state index contributed by atoms with van der Waals surface area (Å²) in [7, 11) is 1.59. The van der Waals surface area contributed by atoms with Gasteiger partial charge in [-0.15, -0.1) is 12.6 Å². The van der Waals surface area contributed by atoms with E-state index in [-0.39, 0.29) is 0 Å². The van der Waals surface area contributed by atoms with Crippen LogP contribution in [0.1, 0.15) is 0 Å². The van der Waals surface area contributed by atoms with Crippen molar-refractivity contribution in [1.82, 2.24) is 14.8 Å². The number of nitrogens with zero attached hydrogens (tertiary/aromatic N) is 3. The third kappa shape index (κ3) is 2.91. The zero-order valence-corrected chi connectivity index (χ0v) is 13.2. The lowest BCUT2D eigenvalue weighted by Gasteiger charge is -2.08. The van der Waals surface area contributed by atoms with Gasteiger partial charge in [-0.3, -0.25) is 9.78 Å². The van der Waals surface area contributed by atoms with E-state index in [1.54, 1.807) is 25.7 Å². The first kappa shape index (κ1) is 15.1. The molecule has 0 fully saturated rings. The second-order valence-corrected chi connectivity index (χ2v) is 5.27. The van der Waals surface area contributed by atoms with Crippen molar-refractivity contribution in [2.75, 3.05) is 7.11 Å². The number of amides is 1. The normalized spacial score (nSPS) is 11.7. The van der Waals surface area contributed by atoms with Crippen LogP contribution in [0.25, 0.3) is 27.1 Å². The number of aromatic nitrogens is 3. The Morgan fingerprint density at radius 3 is 2.87 bits per heavy atom. The predicted molar refractivity (Wildman–Crippen MR) is 92.0 cm³/mol. The summed E-state index contributed by atoms with van der Waals surface area (Å²) in [6.45, 7) is 0. The van der Waals surface area contributed by atoms with Crippen LogP contribution in [0.5, 0.6) is 5.75 Å². The Hall–Kier alpha value is -2.80. The molecule has 2 heterocycles. The van der Waals surface area contributed by atoms with Gasteiger partial charge in [0.05, 0.1) is 18.8 Å². The summed E-state index contributed by atoms with van der Waals surface area (Å²) in [4.78, 5) is 15.2. The van der Waals surface area contributed by atoms with Crippen molar-refractivity contribution in [2.45, 2.75) is 0 Å². The minimum absolute atomic E-state index is 0.331. The van der Waals surface area contributed by atoms with Crippen molar-refractivity contribution in [3.8, 4) is 16.9 Å². The molecule has 0 radical (unpaired) electrons. The van der Waals surface area contributed by atoms with E-state index in [2.05, 4.69) is 22.7 Å². The second kappa shape index (κ2) is 6.13. The number of hydrogen-bond donors (Lipinski definition) is 2. The van der Waals surface area contributed by atoms with Gasteiger partial charge in [-0.2, -0.15) is 5.10 Å². The van der Waals surface area contributed by atoms with Crippen molar-refractivity contribution < 1.29 is 9.53 Å². The largest absolute Gasteiger partial charge is 0.497 e. The molecular formula is C16H14N4O2S. The first-order valence-electron chi connectivity index (χ1n) is 6.77. The molecule has 0 bridgehead atoms. The van der Waals surface area contributed by atoms with E-state index >= 15 is 0 Å². The molecule has 2 aromatic heterocycles. The van der Waals surface area contributed by atoms with Gasteiger partial charge in [0, 0.05) is 35.5 Å². The predicted octanol–water partition coefficient (Wildman–Crippen LogP) is 2.32. The number of pyridine rings is 1. The van der Waals surface area contributed by atoms with E-state index in [4.69, 9.17) is 10.5 Å². The van der Waals surface area contributed by atoms with E-state index in [0.29, 0.717) is 10.8 Å². The molecule has 0 saturated heterocycles. The number of rotatable bonds is 4. The van der Waals surface area contributed by atoms with E-state index < -0.39 is 5.91 Å². The molecule has 0 aliphatic rings. The fraction of sp³-hybridized carbons (Fsp3) is 0.0625. The molecular weight excluding hydrogens is 312 g/mol. The van der Waals surface area contributed by atoms with Crippen molar-refractivity contribution in [3.63, 3.8) is 0 Å². The molecule has 2 N–H and O–H groups in total. The van der Waals surface area contributed by atoms with E-state index in [1.807, 2.05) is 24.3 Å². The summed E-state index contributed by atoms with van der Waals surface area (Å²) in [5.41, 5.74) is 7.81. The smallest absolute Gasteiger partial charge is 0.244 e. The van der Waals surface area contributed by atoms with Gasteiger partial charge >= 0.3 is 0 Å². The van der Waals surface area contributed by atoms with Crippen LogP contribution in [-0.2, 0) is 4.79 Å². The minimum Gasteiger partial charge on any atom is -0.497 e. The number of methoxy groups -OCH3 is 1. The molecule has 0 spiro atoms. The van der Waals surface area contributed by atoms with Crippen LogP contribution in [0, 0.1) is 0 Å². The third-order valence-corrected chi connectivity index (χ3v) is 3.68. The first-order chi connectivity index (χ1) is 11.1. The molecule has 6 nitrogen and oxygen atoms in total. The number of nitrogens with two attached hydrogens (primary N) is 1. The van der Waals surface area contributed by atoms with Crippen molar-refractivity contribution in [3.05, 3.63) is 48.9 Å². The zero-order chi connectivity index (χ0) is 16.4. The molecule has 0 aliphatic heterocycles. The molecule has 1 amide bonds. The second-order valence-electron chi connectivity index (χ2n) is 4.81. The van der Waals surface area contributed by atoms with Gasteiger partial charge < -0.3 is 10.5 Å². The molecule has 3 aromatic rings. The Morgan fingerprint density at radius 1 is 1.39 bits per heavy atom. The Balaban J connectivity index is 2.27. The summed E-state index contributed by atoms with van der Waals surface area (Å²) >= 11 is 4.29. The van der Waals surface area contributed by atoms with Gasteiger partial charge in [0.15, 0.2) is 0 Å². The summed E-state index contributed by atoms with van der Waals surface area (Å²) in [6.07, 6.45) is 6.40. The minimum atomic E-state index is -0.589. The highest BCUT2D eigenvalue weighted by molar-refractivity contribution is 7.90. The number of carbonyl (C=O) groups is 1. The van der Waals surface area contributed by atoms with Crippen molar-refractivity contribution >= 4 is 34.5 Å². The number of fused-ring (bicyclic) bond motifs is 1. The van der Waals surface area contributed by atoms with Gasteiger partial charge in [0.1, 0.15) is 10.8 Å². The number of ether oxygens (including phenoxy) is 1. The number of primary amides is 1. The lowest BCUT2D eigenvalue weighted by Crippen LogP contribution is -2.08. The summed E-state index contributed by atoms with van der Waals surface area (Å²) in [6, 6.07) is 7.57. The summed E-state index contributed by atoms with van der Waals surface area (Å²) < 4.78 is 6.91. The Bertz CT molecular complexity index is 903. The lowest BCUT2D eigenvalue weighted by atomic mass is 10.0. The fourth-order valence-electron chi connectivity index (χ4n) is 2.35. The number of benzene rings is 1. The molecule has 0 unspecified atom stereocenters. The maximum Gasteiger partial charge on any atom is 0.244 e. The Labute approximate surface area is 138 Å². The topological polar surface area (TPSA) is 83.0 Å². The molecule has 7 heteroatoms. The summed E-state index contributed by atoms with van der Waals surface area (Å²) in [5.74, 6) is 0.0762. The average Bonchev–Trinajstić information content (AvgIpc) is 2.98. The van der Waals surface area contributed by atoms with Crippen molar-refractivity contribution in [2.24, 2.45) is 5.73 Å². The SMILES string of the molecule is COc1cc(-c2cccnc2)c2cnn(/C(S)=C/C(N)=O)c2c1. The number of carbonyl (C=O) groups excluding carboxylic acids is 1. The first-order valence-corrected chi connectivity index (χ1v) is 7.21. The maximum atomic E-state index is 11.1.